The van der Waals surface area contributed by atoms with Crippen molar-refractivity contribution in [1.29, 1.82) is 0 Å². The third-order valence-electron chi connectivity index (χ3n) is 2.29. The maximum Gasteiger partial charge on any atom is 0.0663 e. The van der Waals surface area contributed by atoms with Crippen LogP contribution in [0, 0.1) is 10.4 Å². The van der Waals surface area contributed by atoms with Crippen LogP contribution < -0.4 is 10.6 Å². The van der Waals surface area contributed by atoms with E-state index in [2.05, 4.69) is 22.8 Å². The summed E-state index contributed by atoms with van der Waals surface area (Å²) in [6, 6.07) is 4.22. The minimum absolute atomic E-state index is 0.624. The zero-order valence-corrected chi connectivity index (χ0v) is 9.25. The van der Waals surface area contributed by atoms with Gasteiger partial charge in [-0.05, 0) is 0 Å². The first-order chi connectivity index (χ1) is 6.88. The summed E-state index contributed by atoms with van der Waals surface area (Å²) < 4.78 is 0. The molecule has 2 aliphatic rings. The van der Waals surface area contributed by atoms with Crippen LogP contribution in [0.3, 0.4) is 0 Å². The SMILES string of the molecule is ClCCNc1c(NCCCl)c2ccc1=2. The van der Waals surface area contributed by atoms with E-state index < -0.39 is 0 Å². The van der Waals surface area contributed by atoms with Gasteiger partial charge < -0.3 is 10.6 Å². The van der Waals surface area contributed by atoms with Gasteiger partial charge in [0.2, 0.25) is 0 Å². The van der Waals surface area contributed by atoms with E-state index in [1.54, 1.807) is 0 Å². The maximum absolute atomic E-state index is 5.62. The Morgan fingerprint density at radius 1 is 0.857 bits per heavy atom. The van der Waals surface area contributed by atoms with E-state index in [0.29, 0.717) is 11.8 Å². The van der Waals surface area contributed by atoms with Crippen LogP contribution in [0.15, 0.2) is 12.1 Å². The Balaban J connectivity index is 2.06. The molecule has 76 valence electrons. The molecule has 0 atom stereocenters. The molecule has 2 nitrogen and oxygen atoms in total. The van der Waals surface area contributed by atoms with Crippen LogP contribution in [-0.2, 0) is 0 Å². The third kappa shape index (κ3) is 1.53. The Kier molecular flexibility index (Phi) is 3.04. The molecule has 0 amide bonds. The predicted octanol–water partition coefficient (Wildman–Crippen LogP) is 2.59. The van der Waals surface area contributed by atoms with Crippen LogP contribution >= 0.6 is 23.2 Å². The van der Waals surface area contributed by atoms with Crippen LogP contribution in [0.25, 0.3) is 0 Å². The molecule has 14 heavy (non-hydrogen) atoms. The molecule has 0 aromatic carbocycles. The first-order valence-corrected chi connectivity index (χ1v) is 5.72. The lowest BCUT2D eigenvalue weighted by molar-refractivity contribution is 1.15. The fraction of sp³-hybridized carbons (Fsp3) is 0.400. The standard InChI is InChI=1S/C10H12Cl2N2/c11-3-5-13-9-7-1-2-8(7)10(9)14-6-4-12/h1-2,13-14H,3-6H2. The molecule has 0 aromatic heterocycles. The zero-order chi connectivity index (χ0) is 9.97. The Hall–Kier alpha value is -0.600. The molecular weight excluding hydrogens is 219 g/mol. The third-order valence-corrected chi connectivity index (χ3v) is 2.67. The van der Waals surface area contributed by atoms with Crippen LogP contribution in [0.1, 0.15) is 0 Å². The van der Waals surface area contributed by atoms with E-state index in [-0.39, 0.29) is 0 Å². The molecule has 2 rings (SSSR count). The average molecular weight is 231 g/mol. The molecule has 0 radical (unpaired) electrons. The maximum atomic E-state index is 5.62. The quantitative estimate of drug-likeness (QED) is 0.746. The number of anilines is 2. The minimum Gasteiger partial charge on any atom is -0.382 e. The Bertz CT molecular complexity index is 378. The fourth-order valence-electron chi connectivity index (χ4n) is 1.60. The zero-order valence-electron chi connectivity index (χ0n) is 7.74. The van der Waals surface area contributed by atoms with Gasteiger partial charge in [0, 0.05) is 35.3 Å². The summed E-state index contributed by atoms with van der Waals surface area (Å²) in [6.45, 7) is 1.60. The number of alkyl halides is 2. The van der Waals surface area contributed by atoms with Gasteiger partial charge in [0.25, 0.3) is 0 Å². The average Bonchev–Trinajstić information content (AvgIpc) is 2.16. The molecule has 0 heterocycles. The second kappa shape index (κ2) is 4.28. The van der Waals surface area contributed by atoms with E-state index in [1.807, 2.05) is 0 Å². The largest absolute Gasteiger partial charge is 0.382 e. The summed E-state index contributed by atoms with van der Waals surface area (Å²) in [5, 5.41) is 9.21. The molecule has 0 saturated heterocycles. The van der Waals surface area contributed by atoms with Gasteiger partial charge in [-0.1, -0.05) is 12.1 Å². The Labute approximate surface area is 92.9 Å². The normalized spacial score (nSPS) is 11.3. The minimum atomic E-state index is 0.624. The molecule has 0 bridgehead atoms. The number of nitrogens with one attached hydrogen (secondary N) is 2. The van der Waals surface area contributed by atoms with Crippen LogP contribution in [0.2, 0.25) is 0 Å². The van der Waals surface area contributed by atoms with E-state index in [1.165, 1.54) is 21.8 Å². The van der Waals surface area contributed by atoms with Gasteiger partial charge >= 0.3 is 0 Å². The number of benzene rings is 1. The molecule has 0 fully saturated rings. The lowest BCUT2D eigenvalue weighted by Gasteiger charge is -2.21. The monoisotopic (exact) mass is 230 g/mol. The van der Waals surface area contributed by atoms with Crippen LogP contribution in [-0.4, -0.2) is 24.8 Å². The first-order valence-electron chi connectivity index (χ1n) is 4.65. The number of hydrogen-bond donors (Lipinski definition) is 2. The number of hydrogen-bond acceptors (Lipinski definition) is 2. The molecule has 2 aliphatic carbocycles. The van der Waals surface area contributed by atoms with Crippen LogP contribution in [0.5, 0.6) is 0 Å². The van der Waals surface area contributed by atoms with Gasteiger partial charge in [-0.3, -0.25) is 0 Å². The van der Waals surface area contributed by atoms with Crippen molar-refractivity contribution in [3.8, 4) is 0 Å². The molecule has 0 aromatic rings. The highest BCUT2D eigenvalue weighted by atomic mass is 35.5. The molecule has 0 spiro atoms. The van der Waals surface area contributed by atoms with Gasteiger partial charge in [-0.25, -0.2) is 0 Å². The molecule has 4 heteroatoms. The topological polar surface area (TPSA) is 24.1 Å². The summed E-state index contributed by atoms with van der Waals surface area (Å²) in [4.78, 5) is 0. The lowest BCUT2D eigenvalue weighted by Crippen LogP contribution is -2.14. The van der Waals surface area contributed by atoms with Crippen molar-refractivity contribution < 1.29 is 0 Å². The second-order valence-corrected chi connectivity index (χ2v) is 3.90. The van der Waals surface area contributed by atoms with E-state index in [9.17, 15) is 0 Å². The van der Waals surface area contributed by atoms with Crippen molar-refractivity contribution in [3.05, 3.63) is 22.6 Å². The summed E-state index contributed by atoms with van der Waals surface area (Å²) >= 11 is 11.2. The Morgan fingerprint density at radius 2 is 1.29 bits per heavy atom. The highest BCUT2D eigenvalue weighted by Gasteiger charge is 2.14. The second-order valence-electron chi connectivity index (χ2n) is 3.14. The summed E-state index contributed by atoms with van der Waals surface area (Å²) in [7, 11) is 0. The van der Waals surface area contributed by atoms with Crippen molar-refractivity contribution in [2.75, 3.05) is 35.5 Å². The molecular formula is C10H12Cl2N2. The summed E-state index contributed by atoms with van der Waals surface area (Å²) in [6.07, 6.45) is 0. The van der Waals surface area contributed by atoms with E-state index in [0.717, 1.165) is 13.1 Å². The van der Waals surface area contributed by atoms with Gasteiger partial charge in [-0.2, -0.15) is 0 Å². The van der Waals surface area contributed by atoms with E-state index in [4.69, 9.17) is 23.2 Å². The molecule has 0 saturated carbocycles. The van der Waals surface area contributed by atoms with Gasteiger partial charge in [0.05, 0.1) is 11.4 Å². The number of rotatable bonds is 6. The fourth-order valence-corrected chi connectivity index (χ4v) is 1.79. The van der Waals surface area contributed by atoms with Crippen molar-refractivity contribution in [2.45, 2.75) is 0 Å². The Morgan fingerprint density at radius 3 is 1.57 bits per heavy atom. The van der Waals surface area contributed by atoms with Crippen molar-refractivity contribution in [2.24, 2.45) is 0 Å². The predicted molar refractivity (Wildman–Crippen MR) is 62.5 cm³/mol. The van der Waals surface area contributed by atoms with Crippen molar-refractivity contribution >= 4 is 34.6 Å². The molecule has 0 unspecified atom stereocenters. The number of halogens is 2. The summed E-state index contributed by atoms with van der Waals surface area (Å²) in [5.74, 6) is 1.25. The highest BCUT2D eigenvalue weighted by Crippen LogP contribution is 2.34. The summed E-state index contributed by atoms with van der Waals surface area (Å²) in [5.41, 5.74) is 2.38. The van der Waals surface area contributed by atoms with Gasteiger partial charge in [0.1, 0.15) is 0 Å². The first kappa shape index (κ1) is 9.94. The van der Waals surface area contributed by atoms with Crippen molar-refractivity contribution in [1.82, 2.24) is 0 Å². The van der Waals surface area contributed by atoms with Gasteiger partial charge in [0.15, 0.2) is 0 Å². The van der Waals surface area contributed by atoms with Gasteiger partial charge in [-0.15, -0.1) is 23.2 Å². The van der Waals surface area contributed by atoms with Crippen LogP contribution in [0.4, 0.5) is 11.4 Å². The van der Waals surface area contributed by atoms with Crippen molar-refractivity contribution in [3.63, 3.8) is 0 Å². The molecule has 0 aliphatic heterocycles. The smallest absolute Gasteiger partial charge is 0.0663 e. The molecule has 2 N–H and O–H groups in total. The van der Waals surface area contributed by atoms with E-state index >= 15 is 0 Å². The lowest BCUT2D eigenvalue weighted by atomic mass is 10.0. The highest BCUT2D eigenvalue weighted by molar-refractivity contribution is 6.18.